The van der Waals surface area contributed by atoms with E-state index in [1.165, 1.54) is 0 Å². The summed E-state index contributed by atoms with van der Waals surface area (Å²) in [5.74, 6) is 1.37. The molecule has 4 aromatic rings. The molecule has 0 unspecified atom stereocenters. The van der Waals surface area contributed by atoms with Crippen LogP contribution in [-0.2, 0) is 17.8 Å². The van der Waals surface area contributed by atoms with Crippen LogP contribution in [0, 0.1) is 6.92 Å². The van der Waals surface area contributed by atoms with Gasteiger partial charge in [-0.05, 0) is 30.7 Å². The first-order chi connectivity index (χ1) is 12.7. The second-order valence-corrected chi connectivity index (χ2v) is 6.01. The number of pyridine rings is 1. The summed E-state index contributed by atoms with van der Waals surface area (Å²) in [5, 5.41) is 6.68. The zero-order valence-electron chi connectivity index (χ0n) is 14.2. The second-order valence-electron chi connectivity index (χ2n) is 6.01. The summed E-state index contributed by atoms with van der Waals surface area (Å²) in [6.07, 6.45) is 3.71. The molecule has 7 nitrogen and oxygen atoms in total. The van der Waals surface area contributed by atoms with E-state index in [2.05, 4.69) is 20.4 Å². The van der Waals surface area contributed by atoms with Crippen molar-refractivity contribution in [1.29, 1.82) is 0 Å². The Bertz CT molecular complexity index is 1050. The molecule has 0 saturated heterocycles. The van der Waals surface area contributed by atoms with E-state index in [9.17, 15) is 4.79 Å². The lowest BCUT2D eigenvalue weighted by Gasteiger charge is -2.06. The topological polar surface area (TPSA) is 85.8 Å². The number of benzene rings is 1. The monoisotopic (exact) mass is 347 g/mol. The average Bonchev–Trinajstić information content (AvgIpc) is 3.26. The summed E-state index contributed by atoms with van der Waals surface area (Å²) >= 11 is 0. The number of nitrogens with zero attached hydrogens (tertiary/aromatic N) is 4. The second kappa shape index (κ2) is 6.79. The largest absolute Gasteiger partial charge is 0.361 e. The van der Waals surface area contributed by atoms with Gasteiger partial charge in [0.2, 0.25) is 5.91 Å². The molecule has 0 atom stereocenters. The van der Waals surface area contributed by atoms with Crippen LogP contribution in [0.2, 0.25) is 0 Å². The highest BCUT2D eigenvalue weighted by molar-refractivity contribution is 5.78. The zero-order valence-corrected chi connectivity index (χ0v) is 14.2. The zero-order chi connectivity index (χ0) is 17.9. The molecule has 130 valence electrons. The van der Waals surface area contributed by atoms with Gasteiger partial charge in [-0.3, -0.25) is 9.36 Å². The fraction of sp³-hybridized carbons (Fsp3) is 0.158. The molecule has 0 spiro atoms. The highest BCUT2D eigenvalue weighted by atomic mass is 16.5. The minimum Gasteiger partial charge on any atom is -0.361 e. The molecular formula is C19H17N5O2. The number of carbonyl (C=O) groups is 1. The number of aryl methyl sites for hydroxylation is 1. The number of fused-ring (bicyclic) bond motifs is 1. The minimum atomic E-state index is -0.108. The summed E-state index contributed by atoms with van der Waals surface area (Å²) in [6, 6.07) is 13.5. The number of nitrogens with one attached hydrogen (secondary N) is 1. The van der Waals surface area contributed by atoms with Gasteiger partial charge >= 0.3 is 0 Å². The first kappa shape index (κ1) is 16.0. The lowest BCUT2D eigenvalue weighted by molar-refractivity contribution is -0.120. The maximum absolute atomic E-state index is 12.0. The van der Waals surface area contributed by atoms with Gasteiger partial charge in [-0.25, -0.2) is 9.97 Å². The van der Waals surface area contributed by atoms with Crippen molar-refractivity contribution in [2.75, 3.05) is 0 Å². The summed E-state index contributed by atoms with van der Waals surface area (Å²) in [4.78, 5) is 20.8. The van der Waals surface area contributed by atoms with Crippen LogP contribution in [0.25, 0.3) is 16.9 Å². The fourth-order valence-corrected chi connectivity index (χ4v) is 2.73. The number of rotatable bonds is 5. The van der Waals surface area contributed by atoms with Crippen LogP contribution in [0.5, 0.6) is 0 Å². The first-order valence-corrected chi connectivity index (χ1v) is 8.25. The Kier molecular flexibility index (Phi) is 4.18. The van der Waals surface area contributed by atoms with Gasteiger partial charge in [0.25, 0.3) is 0 Å². The number of hydrogen-bond donors (Lipinski definition) is 1. The maximum atomic E-state index is 12.0. The quantitative estimate of drug-likeness (QED) is 0.600. The van der Waals surface area contributed by atoms with Crippen LogP contribution < -0.4 is 5.32 Å². The van der Waals surface area contributed by atoms with Crippen LogP contribution in [0.1, 0.15) is 17.0 Å². The van der Waals surface area contributed by atoms with Crippen LogP contribution in [0.4, 0.5) is 0 Å². The molecule has 0 fully saturated rings. The third-order valence-electron chi connectivity index (χ3n) is 4.02. The van der Waals surface area contributed by atoms with Crippen molar-refractivity contribution in [3.05, 3.63) is 72.0 Å². The molecule has 3 aromatic heterocycles. The molecule has 0 bridgehead atoms. The van der Waals surface area contributed by atoms with E-state index in [4.69, 9.17) is 4.52 Å². The van der Waals surface area contributed by atoms with Crippen LogP contribution in [0.3, 0.4) is 0 Å². The Morgan fingerprint density at radius 1 is 1.19 bits per heavy atom. The van der Waals surface area contributed by atoms with Crippen LogP contribution >= 0.6 is 0 Å². The van der Waals surface area contributed by atoms with Crippen LogP contribution in [-0.4, -0.2) is 25.6 Å². The maximum Gasteiger partial charge on any atom is 0.226 e. The fourth-order valence-electron chi connectivity index (χ4n) is 2.73. The van der Waals surface area contributed by atoms with E-state index >= 15 is 0 Å². The molecule has 0 aliphatic heterocycles. The van der Waals surface area contributed by atoms with Crippen molar-refractivity contribution in [3.8, 4) is 5.82 Å². The van der Waals surface area contributed by atoms with Gasteiger partial charge in [0, 0.05) is 18.8 Å². The van der Waals surface area contributed by atoms with Crippen molar-refractivity contribution in [1.82, 2.24) is 25.0 Å². The highest BCUT2D eigenvalue weighted by Gasteiger charge is 2.08. The molecule has 7 heteroatoms. The van der Waals surface area contributed by atoms with Gasteiger partial charge in [-0.15, -0.1) is 0 Å². The summed E-state index contributed by atoms with van der Waals surface area (Å²) < 4.78 is 6.89. The standard InChI is InChI=1S/C19H17N5O2/c1-13-8-15(23-26-13)9-19(25)21-11-14-6-7-18(20-10-14)24-12-22-16-4-2-3-5-17(16)24/h2-8,10,12H,9,11H2,1H3,(H,21,25). The summed E-state index contributed by atoms with van der Waals surface area (Å²) in [6.45, 7) is 2.21. The van der Waals surface area contributed by atoms with E-state index in [0.717, 1.165) is 22.4 Å². The van der Waals surface area contributed by atoms with Gasteiger partial charge in [0.1, 0.15) is 17.9 Å². The molecule has 1 aromatic carbocycles. The van der Waals surface area contributed by atoms with Crippen molar-refractivity contribution >= 4 is 16.9 Å². The van der Waals surface area contributed by atoms with Crippen molar-refractivity contribution in [2.45, 2.75) is 19.9 Å². The molecule has 0 aliphatic carbocycles. The lowest BCUT2D eigenvalue weighted by Crippen LogP contribution is -2.24. The molecule has 0 aliphatic rings. The number of aromatic nitrogens is 4. The molecule has 1 N–H and O–H groups in total. The Morgan fingerprint density at radius 2 is 2.08 bits per heavy atom. The normalized spacial score (nSPS) is 11.0. The van der Waals surface area contributed by atoms with E-state index in [1.807, 2.05) is 41.0 Å². The van der Waals surface area contributed by atoms with Crippen molar-refractivity contribution in [3.63, 3.8) is 0 Å². The lowest BCUT2D eigenvalue weighted by atomic mass is 10.2. The minimum absolute atomic E-state index is 0.108. The molecule has 26 heavy (non-hydrogen) atoms. The smallest absolute Gasteiger partial charge is 0.226 e. The number of para-hydroxylation sites is 2. The predicted molar refractivity (Wildman–Crippen MR) is 95.7 cm³/mol. The average molecular weight is 347 g/mol. The third-order valence-corrected chi connectivity index (χ3v) is 4.02. The highest BCUT2D eigenvalue weighted by Crippen LogP contribution is 2.16. The van der Waals surface area contributed by atoms with Gasteiger partial charge in [-0.2, -0.15) is 0 Å². The van der Waals surface area contributed by atoms with E-state index < -0.39 is 0 Å². The predicted octanol–water partition coefficient (Wildman–Crippen LogP) is 2.58. The van der Waals surface area contributed by atoms with Crippen molar-refractivity contribution in [2.24, 2.45) is 0 Å². The van der Waals surface area contributed by atoms with Gasteiger partial charge in [0.15, 0.2) is 0 Å². The van der Waals surface area contributed by atoms with Gasteiger partial charge in [-0.1, -0.05) is 23.4 Å². The van der Waals surface area contributed by atoms with E-state index in [-0.39, 0.29) is 12.3 Å². The van der Waals surface area contributed by atoms with E-state index in [0.29, 0.717) is 18.0 Å². The summed E-state index contributed by atoms with van der Waals surface area (Å²) in [5.41, 5.74) is 3.47. The molecule has 3 heterocycles. The number of hydrogen-bond acceptors (Lipinski definition) is 5. The Labute approximate surface area is 149 Å². The van der Waals surface area contributed by atoms with Crippen LogP contribution in [0.15, 0.2) is 59.5 Å². The molecule has 0 radical (unpaired) electrons. The Balaban J connectivity index is 1.41. The molecular weight excluding hydrogens is 330 g/mol. The molecule has 1 amide bonds. The Hall–Kier alpha value is -3.48. The molecule has 0 saturated carbocycles. The first-order valence-electron chi connectivity index (χ1n) is 8.25. The van der Waals surface area contributed by atoms with E-state index in [1.54, 1.807) is 25.5 Å². The SMILES string of the molecule is Cc1cc(CC(=O)NCc2ccc(-n3cnc4ccccc43)nc2)no1. The Morgan fingerprint density at radius 3 is 2.85 bits per heavy atom. The van der Waals surface area contributed by atoms with Gasteiger partial charge < -0.3 is 9.84 Å². The number of imidazole rings is 1. The summed E-state index contributed by atoms with van der Waals surface area (Å²) in [7, 11) is 0. The number of carbonyl (C=O) groups excluding carboxylic acids is 1. The molecule has 4 rings (SSSR count). The van der Waals surface area contributed by atoms with Gasteiger partial charge in [0.05, 0.1) is 23.1 Å². The number of amides is 1. The van der Waals surface area contributed by atoms with Crippen molar-refractivity contribution < 1.29 is 9.32 Å². The third kappa shape index (κ3) is 3.32.